The summed E-state index contributed by atoms with van der Waals surface area (Å²) in [5, 5.41) is 11.5. The predicted octanol–water partition coefficient (Wildman–Crippen LogP) is 1.22. The number of nitrogens with one attached hydrogen (secondary N) is 2. The molecule has 0 aliphatic rings. The molecule has 27 heavy (non-hydrogen) atoms. The van der Waals surface area contributed by atoms with E-state index in [1.165, 1.54) is 36.4 Å². The van der Waals surface area contributed by atoms with Crippen LogP contribution in [0.5, 0.6) is 0 Å². The summed E-state index contributed by atoms with van der Waals surface area (Å²) < 4.78 is 27.6. The van der Waals surface area contributed by atoms with Crippen LogP contribution in [0.25, 0.3) is 11.0 Å². The Hall–Kier alpha value is -3.07. The van der Waals surface area contributed by atoms with Crippen molar-refractivity contribution in [3.8, 4) is 0 Å². The number of carboxylic acid groups (broad SMARTS) is 1. The van der Waals surface area contributed by atoms with Crippen molar-refractivity contribution >= 4 is 32.7 Å². The van der Waals surface area contributed by atoms with Crippen molar-refractivity contribution in [2.45, 2.75) is 24.7 Å². The number of para-hydroxylation sites is 1. The molecule has 1 aromatic heterocycles. The van der Waals surface area contributed by atoms with Gasteiger partial charge >= 0.3 is 5.69 Å². The van der Waals surface area contributed by atoms with E-state index in [1.54, 1.807) is 6.07 Å². The molecule has 1 heterocycles. The monoisotopic (exact) mass is 388 g/mol. The number of nitrogens with zero attached hydrogens (tertiary/aromatic N) is 1. The van der Waals surface area contributed by atoms with Crippen LogP contribution in [-0.2, 0) is 10.0 Å². The number of H-pyrrole nitrogens is 2. The van der Waals surface area contributed by atoms with Gasteiger partial charge in [0, 0.05) is 12.1 Å². The van der Waals surface area contributed by atoms with Gasteiger partial charge in [-0.1, -0.05) is 31.5 Å². The number of aromatic nitrogens is 2. The molecule has 0 fully saturated rings. The van der Waals surface area contributed by atoms with E-state index in [9.17, 15) is 23.1 Å². The number of aromatic amines is 2. The zero-order valence-corrected chi connectivity index (χ0v) is 15.4. The number of hydrogen-bond acceptors (Lipinski definition) is 5. The summed E-state index contributed by atoms with van der Waals surface area (Å²) >= 11 is 0. The Kier molecular flexibility index (Phi) is 5.04. The topological polar surface area (TPSA) is 126 Å². The van der Waals surface area contributed by atoms with Crippen LogP contribution in [0.2, 0.25) is 0 Å². The normalized spacial score (nSPS) is 11.6. The standard InChI is InChI=1S/C18H19N3O5S/c1-2-3-10-21(16-7-5-4-6-13(16)17(22)23)27(25,26)12-8-9-14-15(11-12)20-18(24)19-14/h4-9,11H,2-3,10H2,1H3,(H,22,23)(H2,19,20,24)/p-1. The maximum atomic E-state index is 13.3. The lowest BCUT2D eigenvalue weighted by atomic mass is 10.1. The van der Waals surface area contributed by atoms with Gasteiger partial charge in [0.25, 0.3) is 10.0 Å². The van der Waals surface area contributed by atoms with Gasteiger partial charge in [0.2, 0.25) is 0 Å². The summed E-state index contributed by atoms with van der Waals surface area (Å²) in [6, 6.07) is 10.0. The molecule has 0 amide bonds. The van der Waals surface area contributed by atoms with E-state index in [0.717, 1.165) is 10.7 Å². The lowest BCUT2D eigenvalue weighted by molar-refractivity contribution is -0.254. The number of imidazole rings is 1. The quantitative estimate of drug-likeness (QED) is 0.629. The summed E-state index contributed by atoms with van der Waals surface area (Å²) in [5.74, 6) is -1.45. The van der Waals surface area contributed by atoms with E-state index in [1.807, 2.05) is 6.92 Å². The number of anilines is 1. The third-order valence-electron chi connectivity index (χ3n) is 4.18. The number of sulfonamides is 1. The molecule has 3 aromatic rings. The average Bonchev–Trinajstić information content (AvgIpc) is 3.01. The number of rotatable bonds is 7. The van der Waals surface area contributed by atoms with Gasteiger partial charge in [-0.25, -0.2) is 13.2 Å². The largest absolute Gasteiger partial charge is 0.545 e. The number of benzene rings is 2. The van der Waals surface area contributed by atoms with Crippen molar-refractivity contribution in [3.63, 3.8) is 0 Å². The Morgan fingerprint density at radius 2 is 1.81 bits per heavy atom. The molecule has 9 heteroatoms. The van der Waals surface area contributed by atoms with Crippen molar-refractivity contribution < 1.29 is 18.3 Å². The van der Waals surface area contributed by atoms with Crippen molar-refractivity contribution in [2.24, 2.45) is 0 Å². The fourth-order valence-corrected chi connectivity index (χ4v) is 4.38. The van der Waals surface area contributed by atoms with E-state index < -0.39 is 21.7 Å². The average molecular weight is 388 g/mol. The van der Waals surface area contributed by atoms with Gasteiger partial charge in [-0.3, -0.25) is 4.31 Å². The summed E-state index contributed by atoms with van der Waals surface area (Å²) in [4.78, 5) is 27.9. The molecule has 0 atom stereocenters. The number of fused-ring (bicyclic) bond motifs is 1. The fraction of sp³-hybridized carbons (Fsp3) is 0.222. The molecule has 0 spiro atoms. The lowest BCUT2D eigenvalue weighted by Crippen LogP contribution is -2.35. The number of hydrogen-bond donors (Lipinski definition) is 2. The van der Waals surface area contributed by atoms with Crippen LogP contribution in [0.3, 0.4) is 0 Å². The van der Waals surface area contributed by atoms with E-state index >= 15 is 0 Å². The van der Waals surface area contributed by atoms with Crippen LogP contribution >= 0.6 is 0 Å². The number of carbonyl (C=O) groups excluding carboxylic acids is 1. The molecule has 0 aliphatic carbocycles. The predicted molar refractivity (Wildman–Crippen MR) is 99.1 cm³/mol. The third-order valence-corrected chi connectivity index (χ3v) is 5.99. The van der Waals surface area contributed by atoms with Gasteiger partial charge in [0.1, 0.15) is 0 Å². The first-order valence-electron chi connectivity index (χ1n) is 8.39. The van der Waals surface area contributed by atoms with E-state index in [-0.39, 0.29) is 22.7 Å². The van der Waals surface area contributed by atoms with Crippen molar-refractivity contribution in [2.75, 3.05) is 10.8 Å². The molecule has 8 nitrogen and oxygen atoms in total. The Labute approximate surface area is 155 Å². The Morgan fingerprint density at radius 3 is 2.52 bits per heavy atom. The van der Waals surface area contributed by atoms with E-state index in [0.29, 0.717) is 17.5 Å². The highest BCUT2D eigenvalue weighted by Gasteiger charge is 2.27. The summed E-state index contributed by atoms with van der Waals surface area (Å²) in [6.07, 6.45) is 1.27. The Bertz CT molecular complexity index is 1150. The smallest absolute Gasteiger partial charge is 0.323 e. The van der Waals surface area contributed by atoms with Crippen LogP contribution in [0, 0.1) is 0 Å². The molecule has 0 aliphatic heterocycles. The number of carboxylic acids is 1. The molecular weight excluding hydrogens is 370 g/mol. The molecule has 2 N–H and O–H groups in total. The highest BCUT2D eigenvalue weighted by Crippen LogP contribution is 2.28. The summed E-state index contributed by atoms with van der Waals surface area (Å²) in [6.45, 7) is 2.02. The molecule has 3 rings (SSSR count). The van der Waals surface area contributed by atoms with Crippen LogP contribution < -0.4 is 15.1 Å². The highest BCUT2D eigenvalue weighted by atomic mass is 32.2. The molecule has 0 unspecified atom stereocenters. The number of unbranched alkanes of at least 4 members (excludes halogenated alkanes) is 1. The van der Waals surface area contributed by atoms with Gasteiger partial charge in [-0.15, -0.1) is 0 Å². The number of carbonyl (C=O) groups is 1. The van der Waals surface area contributed by atoms with Gasteiger partial charge in [-0.2, -0.15) is 0 Å². The molecule has 0 saturated carbocycles. The third kappa shape index (κ3) is 3.59. The van der Waals surface area contributed by atoms with Gasteiger partial charge < -0.3 is 19.9 Å². The first-order chi connectivity index (χ1) is 12.8. The minimum atomic E-state index is -4.06. The lowest BCUT2D eigenvalue weighted by Gasteiger charge is -2.27. The van der Waals surface area contributed by atoms with Gasteiger partial charge in [0.15, 0.2) is 0 Å². The summed E-state index contributed by atoms with van der Waals surface area (Å²) in [5.41, 5.74) is 0.241. The molecule has 2 aromatic carbocycles. The Morgan fingerprint density at radius 1 is 1.11 bits per heavy atom. The second-order valence-electron chi connectivity index (χ2n) is 6.02. The van der Waals surface area contributed by atoms with Crippen LogP contribution in [0.15, 0.2) is 52.2 Å². The van der Waals surface area contributed by atoms with Crippen LogP contribution in [-0.4, -0.2) is 30.9 Å². The molecule has 0 bridgehead atoms. The number of aromatic carboxylic acids is 1. The molecule has 0 saturated heterocycles. The highest BCUT2D eigenvalue weighted by molar-refractivity contribution is 7.92. The second kappa shape index (κ2) is 7.28. The van der Waals surface area contributed by atoms with Gasteiger partial charge in [-0.05, 0) is 30.7 Å². The zero-order valence-electron chi connectivity index (χ0n) is 14.6. The fourth-order valence-electron chi connectivity index (χ4n) is 2.83. The maximum absolute atomic E-state index is 13.3. The maximum Gasteiger partial charge on any atom is 0.323 e. The Balaban J connectivity index is 2.15. The van der Waals surface area contributed by atoms with Gasteiger partial charge in [0.05, 0.1) is 27.6 Å². The zero-order chi connectivity index (χ0) is 19.6. The SMILES string of the molecule is CCCCN(c1ccccc1C(=O)[O-])S(=O)(=O)c1ccc2[nH]c(=O)[nH]c2c1. The molecule has 142 valence electrons. The second-order valence-corrected chi connectivity index (χ2v) is 7.88. The van der Waals surface area contributed by atoms with Crippen molar-refractivity contribution in [3.05, 3.63) is 58.5 Å². The summed E-state index contributed by atoms with van der Waals surface area (Å²) in [7, 11) is -4.06. The molecule has 0 radical (unpaired) electrons. The van der Waals surface area contributed by atoms with Crippen LogP contribution in [0.4, 0.5) is 5.69 Å². The van der Waals surface area contributed by atoms with Crippen molar-refractivity contribution in [1.82, 2.24) is 9.97 Å². The van der Waals surface area contributed by atoms with Crippen molar-refractivity contribution in [1.29, 1.82) is 0 Å². The minimum absolute atomic E-state index is 0.0468. The minimum Gasteiger partial charge on any atom is -0.545 e. The van der Waals surface area contributed by atoms with E-state index in [2.05, 4.69) is 9.97 Å². The molecular formula is C18H18N3O5S-. The van der Waals surface area contributed by atoms with E-state index in [4.69, 9.17) is 0 Å². The van der Waals surface area contributed by atoms with Crippen LogP contribution in [0.1, 0.15) is 30.1 Å². The first kappa shape index (κ1) is 18.7. The first-order valence-corrected chi connectivity index (χ1v) is 9.83.